The first-order valence-electron chi connectivity index (χ1n) is 6.38. The smallest absolute Gasteiger partial charge is 0.242 e. The molecular formula is C15H17FN2O2S. The quantitative estimate of drug-likeness (QED) is 0.861. The van der Waals surface area contributed by atoms with Gasteiger partial charge in [-0.1, -0.05) is 12.1 Å². The minimum absolute atomic E-state index is 0.129. The fourth-order valence-electron chi connectivity index (χ4n) is 1.99. The number of halogens is 1. The predicted octanol–water partition coefficient (Wildman–Crippen LogP) is 2.39. The first-order valence-corrected chi connectivity index (χ1v) is 7.26. The molecule has 0 aliphatic carbocycles. The Morgan fingerprint density at radius 2 is 2.24 bits per heavy atom. The number of rotatable bonds is 6. The summed E-state index contributed by atoms with van der Waals surface area (Å²) in [5, 5.41) is 5.06. The van der Waals surface area contributed by atoms with Crippen molar-refractivity contribution < 1.29 is 13.9 Å². The van der Waals surface area contributed by atoms with Crippen LogP contribution in [0, 0.1) is 5.82 Å². The lowest BCUT2D eigenvalue weighted by molar-refractivity contribution is -0.124. The maximum atomic E-state index is 13.9. The zero-order chi connectivity index (χ0) is 15.5. The van der Waals surface area contributed by atoms with Crippen LogP contribution < -0.4 is 15.8 Å². The highest BCUT2D eigenvalue weighted by atomic mass is 32.1. The van der Waals surface area contributed by atoms with Crippen LogP contribution >= 0.6 is 11.3 Å². The Hall–Kier alpha value is -1.92. The number of thiophene rings is 1. The van der Waals surface area contributed by atoms with E-state index in [1.165, 1.54) is 19.2 Å². The van der Waals surface area contributed by atoms with E-state index in [0.717, 1.165) is 4.88 Å². The molecule has 1 amide bonds. The molecule has 112 valence electrons. The lowest BCUT2D eigenvalue weighted by Crippen LogP contribution is -2.50. The number of benzene rings is 1. The molecule has 0 fully saturated rings. The molecule has 21 heavy (non-hydrogen) atoms. The Labute approximate surface area is 126 Å². The van der Waals surface area contributed by atoms with Gasteiger partial charge in [0.15, 0.2) is 11.6 Å². The van der Waals surface area contributed by atoms with E-state index >= 15 is 0 Å². The van der Waals surface area contributed by atoms with Gasteiger partial charge in [0.2, 0.25) is 5.91 Å². The van der Waals surface area contributed by atoms with Crippen LogP contribution in [0.25, 0.3) is 0 Å². The SMILES string of the molecule is COc1ccc(C(C)(NCc2cccs2)C(N)=O)cc1F. The number of carbonyl (C=O) groups is 1. The van der Waals surface area contributed by atoms with Crippen molar-refractivity contribution >= 4 is 17.2 Å². The molecule has 2 rings (SSSR count). The van der Waals surface area contributed by atoms with Crippen molar-refractivity contribution in [3.63, 3.8) is 0 Å². The lowest BCUT2D eigenvalue weighted by atomic mass is 9.91. The van der Waals surface area contributed by atoms with Gasteiger partial charge in [0.1, 0.15) is 5.54 Å². The molecule has 3 N–H and O–H groups in total. The van der Waals surface area contributed by atoms with Crippen molar-refractivity contribution in [1.82, 2.24) is 5.32 Å². The number of carbonyl (C=O) groups excluding carboxylic acids is 1. The molecule has 0 saturated carbocycles. The number of methoxy groups -OCH3 is 1. The van der Waals surface area contributed by atoms with E-state index in [2.05, 4.69) is 5.32 Å². The second-order valence-electron chi connectivity index (χ2n) is 4.77. The Kier molecular flexibility index (Phi) is 4.59. The fourth-order valence-corrected chi connectivity index (χ4v) is 2.63. The van der Waals surface area contributed by atoms with Gasteiger partial charge < -0.3 is 10.5 Å². The molecule has 1 aromatic carbocycles. The summed E-state index contributed by atoms with van der Waals surface area (Å²) >= 11 is 1.57. The number of hydrogen-bond acceptors (Lipinski definition) is 4. The molecule has 0 bridgehead atoms. The second kappa shape index (κ2) is 6.24. The molecule has 1 atom stereocenters. The molecule has 1 heterocycles. The van der Waals surface area contributed by atoms with Gasteiger partial charge in [-0.3, -0.25) is 10.1 Å². The van der Waals surface area contributed by atoms with Gasteiger partial charge in [-0.05, 0) is 36.1 Å². The lowest BCUT2D eigenvalue weighted by Gasteiger charge is -2.28. The van der Waals surface area contributed by atoms with Gasteiger partial charge in [0, 0.05) is 11.4 Å². The largest absolute Gasteiger partial charge is 0.494 e. The van der Waals surface area contributed by atoms with E-state index in [4.69, 9.17) is 10.5 Å². The summed E-state index contributed by atoms with van der Waals surface area (Å²) in [6.07, 6.45) is 0. The van der Waals surface area contributed by atoms with Crippen molar-refractivity contribution in [2.75, 3.05) is 7.11 Å². The van der Waals surface area contributed by atoms with Crippen molar-refractivity contribution in [2.45, 2.75) is 19.0 Å². The highest BCUT2D eigenvalue weighted by molar-refractivity contribution is 7.09. The average molecular weight is 308 g/mol. The topological polar surface area (TPSA) is 64.3 Å². The summed E-state index contributed by atoms with van der Waals surface area (Å²) < 4.78 is 18.7. The van der Waals surface area contributed by atoms with E-state index < -0.39 is 17.3 Å². The zero-order valence-electron chi connectivity index (χ0n) is 11.9. The summed E-state index contributed by atoms with van der Waals surface area (Å²) in [6, 6.07) is 8.27. The predicted molar refractivity (Wildman–Crippen MR) is 80.7 cm³/mol. The molecule has 0 aliphatic heterocycles. The van der Waals surface area contributed by atoms with Crippen molar-refractivity contribution in [3.05, 3.63) is 52.0 Å². The molecule has 1 unspecified atom stereocenters. The zero-order valence-corrected chi connectivity index (χ0v) is 12.7. The molecule has 4 nitrogen and oxygen atoms in total. The number of nitrogens with two attached hydrogens (primary N) is 1. The van der Waals surface area contributed by atoms with Gasteiger partial charge in [0.05, 0.1) is 7.11 Å². The van der Waals surface area contributed by atoms with Crippen LogP contribution in [0.5, 0.6) is 5.75 Å². The van der Waals surface area contributed by atoms with Gasteiger partial charge in [-0.2, -0.15) is 0 Å². The molecule has 0 saturated heterocycles. The van der Waals surface area contributed by atoms with Crippen LogP contribution in [0.4, 0.5) is 4.39 Å². The normalized spacial score (nSPS) is 13.7. The summed E-state index contributed by atoms with van der Waals surface area (Å²) in [6.45, 7) is 2.12. The molecule has 0 spiro atoms. The third-order valence-corrected chi connectivity index (χ3v) is 4.29. The number of nitrogens with one attached hydrogen (secondary N) is 1. The monoisotopic (exact) mass is 308 g/mol. The summed E-state index contributed by atoms with van der Waals surface area (Å²) in [7, 11) is 1.39. The maximum Gasteiger partial charge on any atom is 0.242 e. The fraction of sp³-hybridized carbons (Fsp3) is 0.267. The van der Waals surface area contributed by atoms with E-state index in [1.54, 1.807) is 24.3 Å². The van der Waals surface area contributed by atoms with Gasteiger partial charge >= 0.3 is 0 Å². The number of hydrogen-bond donors (Lipinski definition) is 2. The first kappa shape index (κ1) is 15.5. The van der Waals surface area contributed by atoms with Crippen LogP contribution in [-0.2, 0) is 16.9 Å². The third-order valence-electron chi connectivity index (χ3n) is 3.42. The molecule has 0 radical (unpaired) electrons. The molecule has 2 aromatic rings. The molecule has 6 heteroatoms. The highest BCUT2D eigenvalue weighted by Gasteiger charge is 2.33. The van der Waals surface area contributed by atoms with E-state index in [9.17, 15) is 9.18 Å². The van der Waals surface area contributed by atoms with Crippen molar-refractivity contribution in [1.29, 1.82) is 0 Å². The van der Waals surface area contributed by atoms with Crippen molar-refractivity contribution in [2.24, 2.45) is 5.73 Å². The van der Waals surface area contributed by atoms with Crippen LogP contribution in [0.2, 0.25) is 0 Å². The van der Waals surface area contributed by atoms with Gasteiger partial charge in [0.25, 0.3) is 0 Å². The molecule has 1 aromatic heterocycles. The number of primary amides is 1. The second-order valence-corrected chi connectivity index (χ2v) is 5.80. The van der Waals surface area contributed by atoms with Gasteiger partial charge in [-0.15, -0.1) is 11.3 Å². The highest BCUT2D eigenvalue weighted by Crippen LogP contribution is 2.26. The Morgan fingerprint density at radius 3 is 2.76 bits per heavy atom. The van der Waals surface area contributed by atoms with Crippen LogP contribution in [0.15, 0.2) is 35.7 Å². The van der Waals surface area contributed by atoms with E-state index in [-0.39, 0.29) is 5.75 Å². The Bertz CT molecular complexity index is 631. The number of amides is 1. The van der Waals surface area contributed by atoms with Crippen LogP contribution in [0.3, 0.4) is 0 Å². The maximum absolute atomic E-state index is 13.9. The van der Waals surface area contributed by atoms with E-state index in [1.807, 2.05) is 17.5 Å². The van der Waals surface area contributed by atoms with Gasteiger partial charge in [-0.25, -0.2) is 4.39 Å². The third kappa shape index (κ3) is 3.22. The average Bonchev–Trinajstić information content (AvgIpc) is 2.97. The Morgan fingerprint density at radius 1 is 1.48 bits per heavy atom. The summed E-state index contributed by atoms with van der Waals surface area (Å²) in [5.41, 5.74) is 4.82. The number of ether oxygens (including phenoxy) is 1. The minimum Gasteiger partial charge on any atom is -0.494 e. The minimum atomic E-state index is -1.16. The molecular weight excluding hydrogens is 291 g/mol. The molecule has 0 aliphatic rings. The van der Waals surface area contributed by atoms with Crippen LogP contribution in [0.1, 0.15) is 17.4 Å². The summed E-state index contributed by atoms with van der Waals surface area (Å²) in [5.74, 6) is -0.965. The van der Waals surface area contributed by atoms with E-state index in [0.29, 0.717) is 12.1 Å². The van der Waals surface area contributed by atoms with Crippen LogP contribution in [-0.4, -0.2) is 13.0 Å². The van der Waals surface area contributed by atoms with Crippen molar-refractivity contribution in [3.8, 4) is 5.75 Å². The Balaban J connectivity index is 2.28. The first-order chi connectivity index (χ1) is 9.97. The summed E-state index contributed by atoms with van der Waals surface area (Å²) in [4.78, 5) is 12.9. The standard InChI is InChI=1S/C15H17FN2O2S/c1-15(14(17)19,18-9-11-4-3-7-21-11)10-5-6-13(20-2)12(16)8-10/h3-8,18H,9H2,1-2H3,(H2,17,19).